The van der Waals surface area contributed by atoms with E-state index in [9.17, 15) is 4.79 Å². The first kappa shape index (κ1) is 16.9. The number of aromatic nitrogens is 2. The lowest BCUT2D eigenvalue weighted by Gasteiger charge is -2.43. The Morgan fingerprint density at radius 1 is 1.12 bits per heavy atom. The predicted octanol–water partition coefficient (Wildman–Crippen LogP) is 3.05. The van der Waals surface area contributed by atoms with E-state index in [0.717, 1.165) is 5.69 Å². The summed E-state index contributed by atoms with van der Waals surface area (Å²) in [6, 6.07) is 18.0. The molecule has 0 N–H and O–H groups in total. The Balaban J connectivity index is 1.63. The molecule has 0 aliphatic carbocycles. The molecule has 5 heteroatoms. The van der Waals surface area contributed by atoms with Crippen molar-refractivity contribution in [2.24, 2.45) is 0 Å². The molecule has 3 heterocycles. The van der Waals surface area contributed by atoms with Crippen LogP contribution in [0.15, 0.2) is 65.6 Å². The fraction of sp³-hybridized carbons (Fsp3) is 0.333. The van der Waals surface area contributed by atoms with Gasteiger partial charge in [-0.3, -0.25) is 14.1 Å². The lowest BCUT2D eigenvalue weighted by molar-refractivity contribution is -0.0996. The van der Waals surface area contributed by atoms with Gasteiger partial charge in [0, 0.05) is 30.9 Å². The van der Waals surface area contributed by atoms with Gasteiger partial charge < -0.3 is 4.74 Å². The van der Waals surface area contributed by atoms with E-state index in [0.29, 0.717) is 18.8 Å². The topological polar surface area (TPSA) is 46.8 Å². The minimum atomic E-state index is -0.0428. The van der Waals surface area contributed by atoms with Crippen molar-refractivity contribution in [3.05, 3.63) is 82.4 Å². The van der Waals surface area contributed by atoms with Crippen LogP contribution in [0.25, 0.3) is 5.65 Å². The van der Waals surface area contributed by atoms with Gasteiger partial charge in [-0.15, -0.1) is 0 Å². The zero-order chi connectivity index (χ0) is 18.1. The van der Waals surface area contributed by atoms with Crippen LogP contribution in [0.3, 0.4) is 0 Å². The normalized spacial score (nSPS) is 24.0. The highest BCUT2D eigenvalue weighted by Gasteiger charge is 2.34. The SMILES string of the molecule is C[C@@H]1CO[C@H](c2ccccc2)[C@H](C)N1Cc1cc(=O)n2ccccc2n1. The van der Waals surface area contributed by atoms with E-state index in [4.69, 9.17) is 4.74 Å². The minimum Gasteiger partial charge on any atom is -0.370 e. The molecule has 3 aromatic rings. The number of fused-ring (bicyclic) bond motifs is 1. The number of rotatable bonds is 3. The molecule has 2 aromatic heterocycles. The largest absolute Gasteiger partial charge is 0.370 e. The lowest BCUT2D eigenvalue weighted by atomic mass is 9.98. The summed E-state index contributed by atoms with van der Waals surface area (Å²) in [6.45, 7) is 5.64. The molecule has 0 spiro atoms. The number of morpholine rings is 1. The highest BCUT2D eigenvalue weighted by molar-refractivity contribution is 5.38. The Labute approximate surface area is 152 Å². The van der Waals surface area contributed by atoms with Crippen LogP contribution in [0.1, 0.15) is 31.2 Å². The highest BCUT2D eigenvalue weighted by Crippen LogP contribution is 2.31. The summed E-state index contributed by atoms with van der Waals surface area (Å²) < 4.78 is 7.69. The predicted molar refractivity (Wildman–Crippen MR) is 101 cm³/mol. The molecule has 134 valence electrons. The van der Waals surface area contributed by atoms with E-state index in [-0.39, 0.29) is 23.7 Å². The quantitative estimate of drug-likeness (QED) is 0.729. The second kappa shape index (κ2) is 7.02. The van der Waals surface area contributed by atoms with Crippen LogP contribution >= 0.6 is 0 Å². The van der Waals surface area contributed by atoms with E-state index in [1.54, 1.807) is 16.7 Å². The summed E-state index contributed by atoms with van der Waals surface area (Å²) in [4.78, 5) is 19.4. The second-order valence-electron chi connectivity index (χ2n) is 6.94. The Bertz CT molecular complexity index is 954. The first-order valence-corrected chi connectivity index (χ1v) is 9.03. The van der Waals surface area contributed by atoms with Crippen molar-refractivity contribution < 1.29 is 4.74 Å². The van der Waals surface area contributed by atoms with E-state index >= 15 is 0 Å². The summed E-state index contributed by atoms with van der Waals surface area (Å²) in [6.07, 6.45) is 1.77. The van der Waals surface area contributed by atoms with Gasteiger partial charge in [0.25, 0.3) is 5.56 Å². The standard InChI is InChI=1S/C21H23N3O2/c1-15-14-26-21(17-8-4-3-5-9-17)16(2)24(15)13-18-12-20(25)23-11-7-6-10-19(23)22-18/h3-12,15-16,21H,13-14H2,1-2H3/t15-,16+,21+/m1/s1. The van der Waals surface area contributed by atoms with Crippen molar-refractivity contribution in [3.63, 3.8) is 0 Å². The fourth-order valence-corrected chi connectivity index (χ4v) is 3.74. The molecule has 0 amide bonds. The third kappa shape index (κ3) is 3.16. The zero-order valence-corrected chi connectivity index (χ0v) is 15.1. The number of hydrogen-bond donors (Lipinski definition) is 0. The van der Waals surface area contributed by atoms with Crippen LogP contribution < -0.4 is 5.56 Å². The average molecular weight is 349 g/mol. The van der Waals surface area contributed by atoms with Crippen LogP contribution in [0.4, 0.5) is 0 Å². The first-order chi connectivity index (χ1) is 12.6. The van der Waals surface area contributed by atoms with Crippen molar-refractivity contribution in [1.82, 2.24) is 14.3 Å². The molecule has 0 unspecified atom stereocenters. The van der Waals surface area contributed by atoms with Crippen LogP contribution in [0.2, 0.25) is 0 Å². The molecule has 0 saturated carbocycles. The monoisotopic (exact) mass is 349 g/mol. The van der Waals surface area contributed by atoms with Gasteiger partial charge in [-0.05, 0) is 31.5 Å². The summed E-state index contributed by atoms with van der Waals surface area (Å²) in [5, 5.41) is 0. The fourth-order valence-electron chi connectivity index (χ4n) is 3.74. The van der Waals surface area contributed by atoms with Gasteiger partial charge in [-0.1, -0.05) is 36.4 Å². The van der Waals surface area contributed by atoms with Gasteiger partial charge in [0.15, 0.2) is 0 Å². The number of pyridine rings is 1. The molecular weight excluding hydrogens is 326 g/mol. The first-order valence-electron chi connectivity index (χ1n) is 9.03. The molecule has 3 atom stereocenters. The Morgan fingerprint density at radius 2 is 1.88 bits per heavy atom. The van der Waals surface area contributed by atoms with Crippen molar-refractivity contribution in [2.45, 2.75) is 38.6 Å². The van der Waals surface area contributed by atoms with E-state index in [1.165, 1.54) is 5.56 Å². The maximum absolute atomic E-state index is 12.4. The highest BCUT2D eigenvalue weighted by atomic mass is 16.5. The molecule has 1 aliphatic heterocycles. The number of benzene rings is 1. The number of ether oxygens (including phenoxy) is 1. The minimum absolute atomic E-state index is 0.0222. The van der Waals surface area contributed by atoms with Crippen molar-refractivity contribution in [2.75, 3.05) is 6.61 Å². The van der Waals surface area contributed by atoms with Crippen LogP contribution in [-0.2, 0) is 11.3 Å². The van der Waals surface area contributed by atoms with Crippen molar-refractivity contribution in [1.29, 1.82) is 0 Å². The van der Waals surface area contributed by atoms with Crippen molar-refractivity contribution >= 4 is 5.65 Å². The second-order valence-corrected chi connectivity index (χ2v) is 6.94. The van der Waals surface area contributed by atoms with Crippen LogP contribution in [-0.4, -0.2) is 33.0 Å². The van der Waals surface area contributed by atoms with Gasteiger partial charge in [0.05, 0.1) is 18.4 Å². The van der Waals surface area contributed by atoms with Crippen LogP contribution in [0.5, 0.6) is 0 Å². The summed E-state index contributed by atoms with van der Waals surface area (Å²) >= 11 is 0. The molecular formula is C21H23N3O2. The molecule has 5 nitrogen and oxygen atoms in total. The van der Waals surface area contributed by atoms with Gasteiger partial charge in [0.1, 0.15) is 5.65 Å². The molecule has 1 aromatic carbocycles. The molecule has 1 aliphatic rings. The Hall–Kier alpha value is -2.50. The maximum Gasteiger partial charge on any atom is 0.258 e. The molecule has 26 heavy (non-hydrogen) atoms. The third-order valence-electron chi connectivity index (χ3n) is 5.14. The number of hydrogen-bond acceptors (Lipinski definition) is 4. The zero-order valence-electron chi connectivity index (χ0n) is 15.1. The van der Waals surface area contributed by atoms with E-state index in [1.807, 2.05) is 36.4 Å². The molecule has 0 bridgehead atoms. The Morgan fingerprint density at radius 3 is 2.69 bits per heavy atom. The Kier molecular flexibility index (Phi) is 4.57. The van der Waals surface area contributed by atoms with Crippen LogP contribution in [0, 0.1) is 0 Å². The number of nitrogens with zero attached hydrogens (tertiary/aromatic N) is 3. The average Bonchev–Trinajstić information content (AvgIpc) is 2.66. The molecule has 1 fully saturated rings. The molecule has 4 rings (SSSR count). The van der Waals surface area contributed by atoms with Gasteiger partial charge >= 0.3 is 0 Å². The van der Waals surface area contributed by atoms with Crippen molar-refractivity contribution in [3.8, 4) is 0 Å². The van der Waals surface area contributed by atoms with E-state index < -0.39 is 0 Å². The van der Waals surface area contributed by atoms with Gasteiger partial charge in [-0.25, -0.2) is 4.98 Å². The maximum atomic E-state index is 12.4. The summed E-state index contributed by atoms with van der Waals surface area (Å²) in [7, 11) is 0. The molecule has 0 radical (unpaired) electrons. The summed E-state index contributed by atoms with van der Waals surface area (Å²) in [5.74, 6) is 0. The smallest absolute Gasteiger partial charge is 0.258 e. The third-order valence-corrected chi connectivity index (χ3v) is 5.14. The summed E-state index contributed by atoms with van der Waals surface area (Å²) in [5.41, 5.74) is 2.62. The molecule has 1 saturated heterocycles. The van der Waals surface area contributed by atoms with E-state index in [2.05, 4.69) is 35.9 Å². The van der Waals surface area contributed by atoms with Gasteiger partial charge in [0.2, 0.25) is 0 Å². The lowest BCUT2D eigenvalue weighted by Crippen LogP contribution is -2.50. The van der Waals surface area contributed by atoms with Gasteiger partial charge in [-0.2, -0.15) is 0 Å².